The Hall–Kier alpha value is -4.00. The number of carbonyl (C=O) groups excluding carboxylic acids is 3. The number of esters is 1. The zero-order chi connectivity index (χ0) is 24.1. The number of hydrogen-bond donors (Lipinski definition) is 3. The van der Waals surface area contributed by atoms with Crippen molar-refractivity contribution in [2.75, 3.05) is 4.72 Å². The number of hydrogen-bond acceptors (Lipinski definition) is 8. The molecule has 0 saturated heterocycles. The summed E-state index contributed by atoms with van der Waals surface area (Å²) in [7, 11) is -4.31. The van der Waals surface area contributed by atoms with Crippen LogP contribution < -0.4 is 15.8 Å². The Kier molecular flexibility index (Phi) is 7.49. The molecule has 12 nitrogen and oxygen atoms in total. The fraction of sp³-hybridized carbons (Fsp3) is 0.211. The molecule has 0 spiro atoms. The topological polar surface area (TPSA) is 188 Å². The van der Waals surface area contributed by atoms with Gasteiger partial charge in [0.15, 0.2) is 6.10 Å². The number of carbonyl (C=O) groups is 3. The molecule has 0 aromatic heterocycles. The van der Waals surface area contributed by atoms with E-state index in [0.29, 0.717) is 0 Å². The van der Waals surface area contributed by atoms with Crippen molar-refractivity contribution >= 4 is 39.3 Å². The van der Waals surface area contributed by atoms with Crippen LogP contribution in [0.5, 0.6) is 0 Å². The van der Waals surface area contributed by atoms with Crippen molar-refractivity contribution in [1.82, 2.24) is 5.32 Å². The molecule has 13 heteroatoms. The highest BCUT2D eigenvalue weighted by Crippen LogP contribution is 2.24. The molecule has 0 bridgehead atoms. The molecule has 2 rings (SSSR count). The van der Waals surface area contributed by atoms with E-state index in [2.05, 4.69) is 4.72 Å². The normalized spacial score (nSPS) is 12.0. The number of anilines is 1. The summed E-state index contributed by atoms with van der Waals surface area (Å²) in [4.78, 5) is 45.5. The van der Waals surface area contributed by atoms with E-state index in [0.717, 1.165) is 18.2 Å². The highest BCUT2D eigenvalue weighted by Gasteiger charge is 2.29. The Balaban J connectivity index is 2.33. The first-order valence-corrected chi connectivity index (χ1v) is 10.6. The number of rotatable bonds is 8. The van der Waals surface area contributed by atoms with Crippen LogP contribution in [0.2, 0.25) is 0 Å². The fourth-order valence-corrected chi connectivity index (χ4v) is 3.70. The number of nitrogens with one attached hydrogen (secondary N) is 2. The minimum atomic E-state index is -4.31. The molecule has 0 saturated carbocycles. The van der Waals surface area contributed by atoms with Crippen molar-refractivity contribution < 1.29 is 32.5 Å². The molecule has 0 radical (unpaired) electrons. The molecular weight excluding hydrogens is 444 g/mol. The molecule has 0 aliphatic heterocycles. The maximum atomic E-state index is 12.7. The summed E-state index contributed by atoms with van der Waals surface area (Å²) in [6.07, 6.45) is -1.38. The van der Waals surface area contributed by atoms with Crippen molar-refractivity contribution in [2.24, 2.45) is 11.7 Å². The Labute approximate surface area is 182 Å². The highest BCUT2D eigenvalue weighted by atomic mass is 32.2. The first-order valence-electron chi connectivity index (χ1n) is 9.10. The molecular formula is C19H20N4O8S. The van der Waals surface area contributed by atoms with Crippen LogP contribution in [0.4, 0.5) is 16.2 Å². The zero-order valence-electron chi connectivity index (χ0n) is 17.0. The number of para-hydroxylation sites is 1. The van der Waals surface area contributed by atoms with E-state index in [1.54, 1.807) is 13.8 Å². The predicted molar refractivity (Wildman–Crippen MR) is 112 cm³/mol. The van der Waals surface area contributed by atoms with Crippen LogP contribution in [0.15, 0.2) is 53.4 Å². The van der Waals surface area contributed by atoms with E-state index in [4.69, 9.17) is 10.5 Å². The van der Waals surface area contributed by atoms with E-state index in [9.17, 15) is 32.9 Å². The molecule has 170 valence electrons. The third kappa shape index (κ3) is 6.01. The van der Waals surface area contributed by atoms with Gasteiger partial charge < -0.3 is 10.5 Å². The molecule has 0 aliphatic rings. The number of nitro groups is 1. The third-order valence-corrected chi connectivity index (χ3v) is 5.44. The first-order chi connectivity index (χ1) is 14.9. The minimum Gasteiger partial charge on any atom is -0.448 e. The number of nitro benzene ring substituents is 1. The van der Waals surface area contributed by atoms with Crippen LogP contribution in [0.1, 0.15) is 24.2 Å². The van der Waals surface area contributed by atoms with E-state index >= 15 is 0 Å². The van der Waals surface area contributed by atoms with Crippen LogP contribution in [0.3, 0.4) is 0 Å². The molecule has 1 atom stereocenters. The molecule has 2 aromatic rings. The maximum absolute atomic E-state index is 12.7. The predicted octanol–water partition coefficient (Wildman–Crippen LogP) is 1.77. The molecule has 4 N–H and O–H groups in total. The molecule has 0 heterocycles. The van der Waals surface area contributed by atoms with Gasteiger partial charge in [-0.15, -0.1) is 0 Å². The van der Waals surface area contributed by atoms with Gasteiger partial charge in [0.2, 0.25) is 0 Å². The lowest BCUT2D eigenvalue weighted by atomic mass is 10.1. The lowest BCUT2D eigenvalue weighted by Gasteiger charge is -2.20. The highest BCUT2D eigenvalue weighted by molar-refractivity contribution is 7.92. The standard InChI is InChI=1S/C19H20N4O8S/c1-11(2)16(17(24)21-19(20)26)31-18(25)14-8-3-4-9-15(14)22-32(29,30)13-7-5-6-12(10-13)23(27)28/h3-11,16,22H,1-2H3,(H3,20,21,24,26). The van der Waals surface area contributed by atoms with E-state index in [1.165, 1.54) is 30.3 Å². The van der Waals surface area contributed by atoms with Crippen LogP contribution >= 0.6 is 0 Å². The Morgan fingerprint density at radius 3 is 2.34 bits per heavy atom. The lowest BCUT2D eigenvalue weighted by molar-refractivity contribution is -0.385. The van der Waals surface area contributed by atoms with E-state index in [-0.39, 0.29) is 11.3 Å². The smallest absolute Gasteiger partial charge is 0.341 e. The average molecular weight is 464 g/mol. The zero-order valence-corrected chi connectivity index (χ0v) is 17.8. The second kappa shape index (κ2) is 9.87. The van der Waals surface area contributed by atoms with Crippen molar-refractivity contribution in [3.05, 3.63) is 64.2 Å². The van der Waals surface area contributed by atoms with Gasteiger partial charge in [-0.3, -0.25) is 24.9 Å². The summed E-state index contributed by atoms with van der Waals surface area (Å²) in [5.74, 6) is -2.51. The van der Waals surface area contributed by atoms with Gasteiger partial charge in [-0.05, 0) is 24.1 Å². The molecule has 3 amide bonds. The number of primary amides is 1. The van der Waals surface area contributed by atoms with Crippen molar-refractivity contribution in [2.45, 2.75) is 24.8 Å². The van der Waals surface area contributed by atoms with E-state index in [1.807, 2.05) is 5.32 Å². The van der Waals surface area contributed by atoms with Gasteiger partial charge in [0.1, 0.15) is 0 Å². The van der Waals surface area contributed by atoms with Gasteiger partial charge in [-0.1, -0.05) is 32.0 Å². The number of urea groups is 1. The number of benzene rings is 2. The number of amides is 3. The van der Waals surface area contributed by atoms with Crippen molar-refractivity contribution in [3.63, 3.8) is 0 Å². The van der Waals surface area contributed by atoms with Crippen LogP contribution in [0, 0.1) is 16.0 Å². The Bertz CT molecular complexity index is 1160. The second-order valence-electron chi connectivity index (χ2n) is 6.83. The van der Waals surface area contributed by atoms with Crippen LogP contribution in [-0.2, 0) is 19.6 Å². The molecule has 0 fully saturated rings. The fourth-order valence-electron chi connectivity index (χ4n) is 2.58. The maximum Gasteiger partial charge on any atom is 0.341 e. The largest absolute Gasteiger partial charge is 0.448 e. The van der Waals surface area contributed by atoms with Crippen molar-refractivity contribution in [1.29, 1.82) is 0 Å². The SMILES string of the molecule is CC(C)C(OC(=O)c1ccccc1NS(=O)(=O)c1cccc([N+](=O)[O-])c1)C(=O)NC(N)=O. The summed E-state index contributed by atoms with van der Waals surface area (Å²) in [5, 5.41) is 12.8. The third-order valence-electron chi connectivity index (χ3n) is 4.07. The Morgan fingerprint density at radius 1 is 1.09 bits per heavy atom. The van der Waals surface area contributed by atoms with Crippen molar-refractivity contribution in [3.8, 4) is 0 Å². The Morgan fingerprint density at radius 2 is 1.75 bits per heavy atom. The lowest BCUT2D eigenvalue weighted by Crippen LogP contribution is -2.45. The summed E-state index contributed by atoms with van der Waals surface area (Å²) >= 11 is 0. The minimum absolute atomic E-state index is 0.179. The summed E-state index contributed by atoms with van der Waals surface area (Å²) in [6, 6.07) is 8.66. The quantitative estimate of drug-likeness (QED) is 0.299. The summed E-state index contributed by atoms with van der Waals surface area (Å²) < 4.78 is 32.8. The number of nitrogens with zero attached hydrogens (tertiary/aromatic N) is 1. The molecule has 2 aromatic carbocycles. The number of non-ortho nitro benzene ring substituents is 1. The second-order valence-corrected chi connectivity index (χ2v) is 8.51. The van der Waals surface area contributed by atoms with Gasteiger partial charge in [-0.25, -0.2) is 18.0 Å². The number of imide groups is 1. The van der Waals surface area contributed by atoms with Gasteiger partial charge in [-0.2, -0.15) is 0 Å². The van der Waals surface area contributed by atoms with Gasteiger partial charge in [0, 0.05) is 12.1 Å². The van der Waals surface area contributed by atoms with E-state index < -0.39 is 55.5 Å². The number of nitrogens with two attached hydrogens (primary N) is 1. The molecule has 1 unspecified atom stereocenters. The monoisotopic (exact) mass is 464 g/mol. The average Bonchev–Trinajstić information content (AvgIpc) is 2.71. The number of ether oxygens (including phenoxy) is 1. The summed E-state index contributed by atoms with van der Waals surface area (Å²) in [5.41, 5.74) is 4.09. The molecule has 0 aliphatic carbocycles. The molecule has 32 heavy (non-hydrogen) atoms. The van der Waals surface area contributed by atoms with Crippen LogP contribution in [-0.4, -0.2) is 37.4 Å². The van der Waals surface area contributed by atoms with Crippen LogP contribution in [0.25, 0.3) is 0 Å². The van der Waals surface area contributed by atoms with Gasteiger partial charge in [0.25, 0.3) is 21.6 Å². The number of sulfonamides is 1. The summed E-state index contributed by atoms with van der Waals surface area (Å²) in [6.45, 7) is 3.13. The van der Waals surface area contributed by atoms with Gasteiger partial charge >= 0.3 is 12.0 Å². The first kappa shape index (κ1) is 24.3. The van der Waals surface area contributed by atoms with Gasteiger partial charge in [0.05, 0.1) is 21.1 Å².